The maximum absolute atomic E-state index is 12.0. The molecule has 1 aromatic carbocycles. The van der Waals surface area contributed by atoms with E-state index >= 15 is 0 Å². The van der Waals surface area contributed by atoms with Gasteiger partial charge in [-0.25, -0.2) is 5.01 Å². The van der Waals surface area contributed by atoms with Gasteiger partial charge in [-0.2, -0.15) is 0 Å². The molecule has 1 saturated heterocycles. The molecule has 1 fully saturated rings. The van der Waals surface area contributed by atoms with Gasteiger partial charge in [0, 0.05) is 23.2 Å². The van der Waals surface area contributed by atoms with Gasteiger partial charge in [0.2, 0.25) is 0 Å². The van der Waals surface area contributed by atoms with Crippen molar-refractivity contribution in [2.75, 3.05) is 32.0 Å². The third-order valence-electron chi connectivity index (χ3n) is 2.53. The molecule has 0 saturated carbocycles. The highest BCUT2D eigenvalue weighted by Crippen LogP contribution is 2.18. The van der Waals surface area contributed by atoms with Gasteiger partial charge >= 0.3 is 0 Å². The third-order valence-corrected chi connectivity index (χ3v) is 3.02. The molecule has 0 unspecified atom stereocenters. The number of halogens is 1. The van der Waals surface area contributed by atoms with Crippen molar-refractivity contribution in [1.29, 1.82) is 0 Å². The zero-order valence-corrected chi connectivity index (χ0v) is 10.9. The maximum atomic E-state index is 12.0. The zero-order valence-electron chi connectivity index (χ0n) is 9.28. The average Bonchev–Trinajstić information content (AvgIpc) is 2.33. The summed E-state index contributed by atoms with van der Waals surface area (Å²) in [7, 11) is 0. The number of hydrogen-bond acceptors (Lipinski definition) is 4. The molecule has 3 N–H and O–H groups in total. The number of carbonyl (C=O) groups is 1. The average molecular weight is 300 g/mol. The van der Waals surface area contributed by atoms with Crippen LogP contribution >= 0.6 is 15.9 Å². The van der Waals surface area contributed by atoms with Crippen molar-refractivity contribution in [3.8, 4) is 0 Å². The summed E-state index contributed by atoms with van der Waals surface area (Å²) >= 11 is 3.32. The Kier molecular flexibility index (Phi) is 3.98. The van der Waals surface area contributed by atoms with Crippen LogP contribution in [0, 0.1) is 0 Å². The number of hydrazine groups is 1. The predicted molar refractivity (Wildman–Crippen MR) is 68.4 cm³/mol. The molecule has 0 spiro atoms. The Bertz CT molecular complexity index is 419. The van der Waals surface area contributed by atoms with Crippen LogP contribution in [0.25, 0.3) is 0 Å². The van der Waals surface area contributed by atoms with E-state index in [0.29, 0.717) is 37.6 Å². The van der Waals surface area contributed by atoms with Gasteiger partial charge in [0.05, 0.1) is 18.8 Å². The highest BCUT2D eigenvalue weighted by atomic mass is 79.9. The number of hydrogen-bond donors (Lipinski definition) is 2. The summed E-state index contributed by atoms with van der Waals surface area (Å²) in [5, 5.41) is 1.84. The van der Waals surface area contributed by atoms with E-state index in [2.05, 4.69) is 21.4 Å². The number of ether oxygens (including phenoxy) is 1. The number of nitrogens with one attached hydrogen (secondary N) is 1. The summed E-state index contributed by atoms with van der Waals surface area (Å²) < 4.78 is 6.04. The van der Waals surface area contributed by atoms with Crippen LogP contribution in [0.15, 0.2) is 22.7 Å². The molecule has 1 aromatic rings. The van der Waals surface area contributed by atoms with Gasteiger partial charge in [-0.15, -0.1) is 0 Å². The highest BCUT2D eigenvalue weighted by Gasteiger charge is 2.16. The molecule has 1 heterocycles. The maximum Gasteiger partial charge on any atom is 0.267 e. The van der Waals surface area contributed by atoms with E-state index in [1.165, 1.54) is 0 Å². The summed E-state index contributed by atoms with van der Waals surface area (Å²) in [6, 6.07) is 5.23. The summed E-state index contributed by atoms with van der Waals surface area (Å²) in [5.74, 6) is -0.189. The topological polar surface area (TPSA) is 67.6 Å². The fourth-order valence-corrected chi connectivity index (χ4v) is 1.97. The smallest absolute Gasteiger partial charge is 0.267 e. The molecular formula is C11H14BrN3O2. The fourth-order valence-electron chi connectivity index (χ4n) is 1.60. The second-order valence-corrected chi connectivity index (χ2v) is 4.69. The first kappa shape index (κ1) is 12.3. The second-order valence-electron chi connectivity index (χ2n) is 3.77. The Labute approximate surface area is 108 Å². The van der Waals surface area contributed by atoms with Gasteiger partial charge in [-0.1, -0.05) is 15.9 Å². The van der Waals surface area contributed by atoms with Crippen LogP contribution in [-0.2, 0) is 4.74 Å². The number of benzene rings is 1. The monoisotopic (exact) mass is 299 g/mol. The van der Waals surface area contributed by atoms with Crippen LogP contribution in [-0.4, -0.2) is 37.2 Å². The minimum Gasteiger partial charge on any atom is -0.398 e. The molecule has 0 atom stereocenters. The lowest BCUT2D eigenvalue weighted by Gasteiger charge is -2.27. The molecule has 2 rings (SSSR count). The molecule has 5 nitrogen and oxygen atoms in total. The lowest BCUT2D eigenvalue weighted by molar-refractivity contribution is 0.0126. The SMILES string of the molecule is Nc1ccc(Br)cc1C(=O)NN1CCOCC1. The first-order chi connectivity index (χ1) is 8.16. The number of carbonyl (C=O) groups excluding carboxylic acids is 1. The van der Waals surface area contributed by atoms with E-state index in [1.807, 2.05) is 5.01 Å². The normalized spacial score (nSPS) is 16.8. The molecule has 0 aromatic heterocycles. The van der Waals surface area contributed by atoms with Crippen LogP contribution in [0.2, 0.25) is 0 Å². The number of nitrogen functional groups attached to an aromatic ring is 1. The zero-order chi connectivity index (χ0) is 12.3. The predicted octanol–water partition coefficient (Wildman–Crippen LogP) is 1.01. The van der Waals surface area contributed by atoms with E-state index in [0.717, 1.165) is 4.47 Å². The van der Waals surface area contributed by atoms with Crippen molar-refractivity contribution in [2.45, 2.75) is 0 Å². The molecular weight excluding hydrogens is 286 g/mol. The molecule has 1 aliphatic rings. The van der Waals surface area contributed by atoms with Gasteiger partial charge in [0.15, 0.2) is 0 Å². The second kappa shape index (κ2) is 5.48. The lowest BCUT2D eigenvalue weighted by atomic mass is 10.2. The first-order valence-electron chi connectivity index (χ1n) is 5.35. The number of morpholine rings is 1. The Morgan fingerprint density at radius 3 is 2.82 bits per heavy atom. The van der Waals surface area contributed by atoms with E-state index in [1.54, 1.807) is 18.2 Å². The van der Waals surface area contributed by atoms with Crippen LogP contribution in [0.3, 0.4) is 0 Å². The Morgan fingerprint density at radius 1 is 1.41 bits per heavy atom. The van der Waals surface area contributed by atoms with E-state index in [9.17, 15) is 4.79 Å². The summed E-state index contributed by atoms with van der Waals surface area (Å²) in [6.07, 6.45) is 0. The van der Waals surface area contributed by atoms with Gasteiger partial charge in [-0.05, 0) is 18.2 Å². The largest absolute Gasteiger partial charge is 0.398 e. The quantitative estimate of drug-likeness (QED) is 0.800. The van der Waals surface area contributed by atoms with E-state index in [4.69, 9.17) is 10.5 Å². The number of anilines is 1. The first-order valence-corrected chi connectivity index (χ1v) is 6.15. The van der Waals surface area contributed by atoms with Crippen molar-refractivity contribution in [3.63, 3.8) is 0 Å². The standard InChI is InChI=1S/C11H14BrN3O2/c12-8-1-2-10(13)9(7-8)11(16)14-15-3-5-17-6-4-15/h1-2,7H,3-6,13H2,(H,14,16). The van der Waals surface area contributed by atoms with Gasteiger partial charge in [0.1, 0.15) is 0 Å². The Balaban J connectivity index is 2.05. The van der Waals surface area contributed by atoms with Gasteiger partial charge in [-0.3, -0.25) is 10.2 Å². The van der Waals surface area contributed by atoms with Crippen molar-refractivity contribution in [1.82, 2.24) is 10.4 Å². The molecule has 0 aliphatic carbocycles. The van der Waals surface area contributed by atoms with Gasteiger partial charge < -0.3 is 10.5 Å². The molecule has 0 bridgehead atoms. The Morgan fingerprint density at radius 2 is 2.12 bits per heavy atom. The molecule has 17 heavy (non-hydrogen) atoms. The number of nitrogens with zero attached hydrogens (tertiary/aromatic N) is 1. The van der Waals surface area contributed by atoms with Crippen LogP contribution in [0.5, 0.6) is 0 Å². The lowest BCUT2D eigenvalue weighted by Crippen LogP contribution is -2.48. The summed E-state index contributed by atoms with van der Waals surface area (Å²) in [5.41, 5.74) is 9.54. The number of nitrogens with two attached hydrogens (primary N) is 1. The van der Waals surface area contributed by atoms with Crippen LogP contribution in [0.1, 0.15) is 10.4 Å². The van der Waals surface area contributed by atoms with Crippen molar-refractivity contribution >= 4 is 27.5 Å². The molecule has 92 valence electrons. The molecule has 1 aliphatic heterocycles. The number of rotatable bonds is 2. The van der Waals surface area contributed by atoms with E-state index in [-0.39, 0.29) is 5.91 Å². The van der Waals surface area contributed by atoms with Gasteiger partial charge in [0.25, 0.3) is 5.91 Å². The third kappa shape index (κ3) is 3.18. The molecule has 6 heteroatoms. The summed E-state index contributed by atoms with van der Waals surface area (Å²) in [4.78, 5) is 12.0. The molecule has 0 radical (unpaired) electrons. The van der Waals surface area contributed by atoms with Crippen molar-refractivity contribution in [2.24, 2.45) is 0 Å². The minimum atomic E-state index is -0.189. The van der Waals surface area contributed by atoms with Crippen molar-refractivity contribution < 1.29 is 9.53 Å². The molecule has 1 amide bonds. The van der Waals surface area contributed by atoms with Crippen molar-refractivity contribution in [3.05, 3.63) is 28.2 Å². The van der Waals surface area contributed by atoms with E-state index < -0.39 is 0 Å². The number of amides is 1. The van der Waals surface area contributed by atoms with Crippen LogP contribution in [0.4, 0.5) is 5.69 Å². The highest BCUT2D eigenvalue weighted by molar-refractivity contribution is 9.10. The Hall–Kier alpha value is -1.11. The van der Waals surface area contributed by atoms with Crippen LogP contribution < -0.4 is 11.2 Å². The fraction of sp³-hybridized carbons (Fsp3) is 0.364. The summed E-state index contributed by atoms with van der Waals surface area (Å²) in [6.45, 7) is 2.65. The minimum absolute atomic E-state index is 0.189.